The molecule has 2 rings (SSSR count). The van der Waals surface area contributed by atoms with Gasteiger partial charge in [0.2, 0.25) is 0 Å². The summed E-state index contributed by atoms with van der Waals surface area (Å²) in [7, 11) is 1.47. The van der Waals surface area contributed by atoms with Gasteiger partial charge in [0.25, 0.3) is 11.6 Å². The molecule has 0 spiro atoms. The van der Waals surface area contributed by atoms with Crippen LogP contribution in [0.5, 0.6) is 6.01 Å². The van der Waals surface area contributed by atoms with Crippen LogP contribution in [0.25, 0.3) is 0 Å². The Morgan fingerprint density at radius 2 is 2.30 bits per heavy atom. The average molecular weight is 290 g/mol. The normalized spacial score (nSPS) is 10.3. The fraction of sp³-hybridized carbons (Fsp3) is 0.231. The minimum atomic E-state index is -0.202. The molecule has 2 aromatic heterocycles. The third kappa shape index (κ3) is 2.83. The highest BCUT2D eigenvalue weighted by atomic mass is 32.1. The van der Waals surface area contributed by atoms with Crippen molar-refractivity contribution in [2.45, 2.75) is 13.5 Å². The van der Waals surface area contributed by atoms with E-state index in [-0.39, 0.29) is 23.1 Å². The lowest BCUT2D eigenvalue weighted by atomic mass is 10.2. The van der Waals surface area contributed by atoms with Gasteiger partial charge in [0.1, 0.15) is 10.7 Å². The fourth-order valence-electron chi connectivity index (χ4n) is 1.85. The number of thiocarbonyl (C=S) groups is 1. The quantitative estimate of drug-likeness (QED) is 0.832. The second-order valence-corrected chi connectivity index (χ2v) is 4.62. The van der Waals surface area contributed by atoms with Gasteiger partial charge in [0.05, 0.1) is 13.7 Å². The predicted molar refractivity (Wildman–Crippen MR) is 79.0 cm³/mol. The van der Waals surface area contributed by atoms with Crippen LogP contribution in [-0.4, -0.2) is 26.6 Å². The van der Waals surface area contributed by atoms with E-state index in [1.165, 1.54) is 17.7 Å². The Labute approximate surface area is 121 Å². The molecule has 0 fully saturated rings. The Morgan fingerprint density at radius 1 is 1.55 bits per heavy atom. The summed E-state index contributed by atoms with van der Waals surface area (Å²) >= 11 is 4.96. The van der Waals surface area contributed by atoms with Crippen molar-refractivity contribution in [1.29, 1.82) is 0 Å². The first-order chi connectivity index (χ1) is 9.52. The second-order valence-electron chi connectivity index (χ2n) is 4.18. The van der Waals surface area contributed by atoms with Crippen LogP contribution < -0.4 is 16.0 Å². The van der Waals surface area contributed by atoms with Crippen LogP contribution in [0.3, 0.4) is 0 Å². The molecule has 7 heteroatoms. The molecule has 0 radical (unpaired) electrons. The van der Waals surface area contributed by atoms with E-state index >= 15 is 0 Å². The van der Waals surface area contributed by atoms with Crippen molar-refractivity contribution in [1.82, 2.24) is 14.5 Å². The van der Waals surface area contributed by atoms with Crippen molar-refractivity contribution in [2.75, 3.05) is 7.11 Å². The molecular weight excluding hydrogens is 276 g/mol. The summed E-state index contributed by atoms with van der Waals surface area (Å²) in [5.74, 6) is 0. The highest BCUT2D eigenvalue weighted by Crippen LogP contribution is 2.11. The zero-order chi connectivity index (χ0) is 14.7. The maximum atomic E-state index is 12.1. The summed E-state index contributed by atoms with van der Waals surface area (Å²) in [5.41, 5.74) is 7.27. The molecule has 0 saturated carbocycles. The molecule has 2 aromatic rings. The summed E-state index contributed by atoms with van der Waals surface area (Å²) in [6.45, 7) is 1.98. The number of methoxy groups -OCH3 is 1. The summed E-state index contributed by atoms with van der Waals surface area (Å²) in [6.07, 6.45) is 1.60. The number of aryl methyl sites for hydroxylation is 1. The van der Waals surface area contributed by atoms with Gasteiger partial charge < -0.3 is 10.5 Å². The topological polar surface area (TPSA) is 83.0 Å². The molecule has 6 nitrogen and oxygen atoms in total. The third-order valence-electron chi connectivity index (χ3n) is 2.74. The largest absolute Gasteiger partial charge is 0.468 e. The average Bonchev–Trinajstić information content (AvgIpc) is 2.41. The zero-order valence-electron chi connectivity index (χ0n) is 11.2. The number of aromatic nitrogens is 3. The van der Waals surface area contributed by atoms with Gasteiger partial charge in [-0.25, -0.2) is 4.98 Å². The van der Waals surface area contributed by atoms with Crippen LogP contribution in [0.1, 0.15) is 17.0 Å². The Bertz CT molecular complexity index is 712. The Morgan fingerprint density at radius 3 is 2.95 bits per heavy atom. The minimum absolute atomic E-state index is 0.188. The minimum Gasteiger partial charge on any atom is -0.468 e. The van der Waals surface area contributed by atoms with E-state index in [1.54, 1.807) is 19.2 Å². The lowest BCUT2D eigenvalue weighted by Gasteiger charge is -2.12. The zero-order valence-corrected chi connectivity index (χ0v) is 12.0. The molecule has 0 saturated heterocycles. The van der Waals surface area contributed by atoms with Crippen molar-refractivity contribution in [2.24, 2.45) is 5.73 Å². The fourth-order valence-corrected chi connectivity index (χ4v) is 2.04. The van der Waals surface area contributed by atoms with Crippen LogP contribution >= 0.6 is 12.2 Å². The molecule has 20 heavy (non-hydrogen) atoms. The first-order valence-electron chi connectivity index (χ1n) is 5.89. The van der Waals surface area contributed by atoms with Crippen LogP contribution in [0.2, 0.25) is 0 Å². The predicted octanol–water partition coefficient (Wildman–Crippen LogP) is 0.638. The van der Waals surface area contributed by atoms with E-state index in [9.17, 15) is 4.79 Å². The van der Waals surface area contributed by atoms with Gasteiger partial charge in [-0.05, 0) is 13.0 Å². The number of nitrogens with zero attached hydrogens (tertiary/aromatic N) is 3. The lowest BCUT2D eigenvalue weighted by molar-refractivity contribution is 0.349. The van der Waals surface area contributed by atoms with Gasteiger partial charge in [0, 0.05) is 23.5 Å². The Kier molecular flexibility index (Phi) is 4.09. The molecule has 0 unspecified atom stereocenters. The Hall–Kier alpha value is -2.28. The lowest BCUT2D eigenvalue weighted by Crippen LogP contribution is -2.25. The van der Waals surface area contributed by atoms with E-state index in [4.69, 9.17) is 22.7 Å². The highest BCUT2D eigenvalue weighted by molar-refractivity contribution is 7.80. The maximum absolute atomic E-state index is 12.1. The van der Waals surface area contributed by atoms with Crippen molar-refractivity contribution in [3.8, 4) is 6.01 Å². The van der Waals surface area contributed by atoms with Crippen LogP contribution in [0.15, 0.2) is 29.2 Å². The molecule has 0 amide bonds. The number of hydrogen-bond donors (Lipinski definition) is 1. The maximum Gasteiger partial charge on any atom is 0.299 e. The first-order valence-corrected chi connectivity index (χ1v) is 6.30. The molecule has 0 bridgehead atoms. The molecule has 0 atom stereocenters. The SMILES string of the molecule is COc1nc(C)cc(=O)n1Cc1cccnc1C(N)=S. The van der Waals surface area contributed by atoms with Gasteiger partial charge in [0.15, 0.2) is 0 Å². The third-order valence-corrected chi connectivity index (χ3v) is 2.93. The highest BCUT2D eigenvalue weighted by Gasteiger charge is 2.12. The number of nitrogens with two attached hydrogens (primary N) is 1. The van der Waals surface area contributed by atoms with E-state index in [2.05, 4.69) is 9.97 Å². The smallest absolute Gasteiger partial charge is 0.299 e. The monoisotopic (exact) mass is 290 g/mol. The molecule has 2 heterocycles. The summed E-state index contributed by atoms with van der Waals surface area (Å²) in [5, 5.41) is 0. The van der Waals surface area contributed by atoms with E-state index < -0.39 is 0 Å². The molecule has 104 valence electrons. The van der Waals surface area contributed by atoms with Gasteiger partial charge in [-0.15, -0.1) is 0 Å². The Balaban J connectivity index is 2.51. The van der Waals surface area contributed by atoms with E-state index in [1.807, 2.05) is 6.07 Å². The van der Waals surface area contributed by atoms with E-state index in [0.29, 0.717) is 11.4 Å². The van der Waals surface area contributed by atoms with Gasteiger partial charge in [-0.1, -0.05) is 18.3 Å². The molecule has 2 N–H and O–H groups in total. The van der Waals surface area contributed by atoms with Crippen molar-refractivity contribution in [3.63, 3.8) is 0 Å². The number of pyridine rings is 1. The van der Waals surface area contributed by atoms with Crippen molar-refractivity contribution >= 4 is 17.2 Å². The van der Waals surface area contributed by atoms with Crippen LogP contribution in [-0.2, 0) is 6.54 Å². The second kappa shape index (κ2) is 5.79. The number of hydrogen-bond acceptors (Lipinski definition) is 5. The molecular formula is C13H14N4O2S. The summed E-state index contributed by atoms with van der Waals surface area (Å²) in [6, 6.07) is 5.26. The van der Waals surface area contributed by atoms with E-state index in [0.717, 1.165) is 5.56 Å². The van der Waals surface area contributed by atoms with Crippen molar-refractivity contribution in [3.05, 3.63) is 51.7 Å². The van der Waals surface area contributed by atoms with Gasteiger partial charge in [-0.3, -0.25) is 14.3 Å². The summed E-state index contributed by atoms with van der Waals surface area (Å²) in [4.78, 5) is 20.6. The molecule has 0 aliphatic rings. The number of ether oxygens (including phenoxy) is 1. The molecule has 0 aliphatic heterocycles. The number of rotatable bonds is 4. The van der Waals surface area contributed by atoms with Crippen LogP contribution in [0, 0.1) is 6.92 Å². The van der Waals surface area contributed by atoms with Gasteiger partial charge >= 0.3 is 0 Å². The summed E-state index contributed by atoms with van der Waals surface area (Å²) < 4.78 is 6.56. The molecule has 0 aromatic carbocycles. The van der Waals surface area contributed by atoms with Crippen molar-refractivity contribution < 1.29 is 4.74 Å². The van der Waals surface area contributed by atoms with Gasteiger partial charge in [-0.2, -0.15) is 0 Å². The molecule has 0 aliphatic carbocycles. The first kappa shape index (κ1) is 14.1. The van der Waals surface area contributed by atoms with Crippen LogP contribution in [0.4, 0.5) is 0 Å². The standard InChI is InChI=1S/C13H14N4O2S/c1-8-6-10(18)17(13(16-8)19-2)7-9-4-3-5-15-11(9)12(14)20/h3-6H,7H2,1-2H3,(H2,14,20).